The highest BCUT2D eigenvalue weighted by Gasteiger charge is 2.19. The first-order chi connectivity index (χ1) is 23.1. The van der Waals surface area contributed by atoms with Crippen molar-refractivity contribution in [3.8, 4) is 22.6 Å². The Bertz CT molecular complexity index is 1960. The molecule has 47 heavy (non-hydrogen) atoms. The van der Waals surface area contributed by atoms with E-state index in [0.717, 1.165) is 78.4 Å². The van der Waals surface area contributed by atoms with Crippen LogP contribution in [0.15, 0.2) is 116 Å². The highest BCUT2D eigenvalue weighted by molar-refractivity contribution is 5.93. The van der Waals surface area contributed by atoms with Gasteiger partial charge in [-0.05, 0) is 85.9 Å². The molecule has 0 atom stereocenters. The van der Waals surface area contributed by atoms with E-state index in [1.807, 2.05) is 89.5 Å². The highest BCUT2D eigenvalue weighted by Crippen LogP contribution is 2.33. The van der Waals surface area contributed by atoms with Gasteiger partial charge in [-0.15, -0.1) is 0 Å². The number of piperidine rings is 1. The number of aromatic nitrogens is 4. The van der Waals surface area contributed by atoms with Gasteiger partial charge in [0.1, 0.15) is 5.65 Å². The molecule has 1 aliphatic rings. The zero-order valence-corrected chi connectivity index (χ0v) is 26.2. The fourth-order valence-electron chi connectivity index (χ4n) is 6.07. The van der Waals surface area contributed by atoms with Crippen molar-refractivity contribution in [2.75, 3.05) is 30.3 Å². The van der Waals surface area contributed by atoms with E-state index >= 15 is 0 Å². The Morgan fingerprint density at radius 3 is 2.47 bits per heavy atom. The predicted octanol–water partition coefficient (Wildman–Crippen LogP) is 6.35. The van der Waals surface area contributed by atoms with Gasteiger partial charge in [-0.2, -0.15) is 0 Å². The van der Waals surface area contributed by atoms with Gasteiger partial charge in [0.25, 0.3) is 0 Å². The van der Waals surface area contributed by atoms with Crippen molar-refractivity contribution in [2.24, 2.45) is 5.73 Å². The Hall–Kier alpha value is -5.38. The number of hydrogen-bond donors (Lipinski definition) is 3. The Morgan fingerprint density at radius 1 is 0.830 bits per heavy atom. The number of nitrogens with one attached hydrogen (secondary N) is 2. The van der Waals surface area contributed by atoms with Gasteiger partial charge in [-0.3, -0.25) is 9.20 Å². The molecule has 1 aliphatic heterocycles. The van der Waals surface area contributed by atoms with Crippen LogP contribution in [-0.4, -0.2) is 55.8 Å². The third kappa shape index (κ3) is 7.38. The van der Waals surface area contributed by atoms with Crippen LogP contribution in [0.1, 0.15) is 24.0 Å². The third-order valence-electron chi connectivity index (χ3n) is 8.61. The van der Waals surface area contributed by atoms with E-state index in [0.29, 0.717) is 24.1 Å². The molecule has 6 aromatic rings. The summed E-state index contributed by atoms with van der Waals surface area (Å²) in [5, 5.41) is 6.42. The largest absolute Gasteiger partial charge is 0.328 e. The molecule has 0 bridgehead atoms. The van der Waals surface area contributed by atoms with E-state index in [1.54, 1.807) is 6.20 Å². The molecule has 4 heterocycles. The van der Waals surface area contributed by atoms with Crippen molar-refractivity contribution in [3.05, 3.63) is 127 Å². The maximum absolute atomic E-state index is 12.8. The van der Waals surface area contributed by atoms with Crippen LogP contribution in [0, 0.1) is 0 Å². The lowest BCUT2D eigenvalue weighted by Crippen LogP contribution is -2.40. The molecule has 0 radical (unpaired) electrons. The van der Waals surface area contributed by atoms with Crippen LogP contribution in [0.3, 0.4) is 0 Å². The van der Waals surface area contributed by atoms with Crippen LogP contribution >= 0.6 is 0 Å². The van der Waals surface area contributed by atoms with Gasteiger partial charge < -0.3 is 21.3 Å². The number of nitrogens with zero attached hydrogens (tertiary/aromatic N) is 5. The second kappa shape index (κ2) is 13.9. The molecule has 0 spiro atoms. The quantitative estimate of drug-likeness (QED) is 0.163. The van der Waals surface area contributed by atoms with Gasteiger partial charge in [0.2, 0.25) is 11.9 Å². The summed E-state index contributed by atoms with van der Waals surface area (Å²) in [4.78, 5) is 29.7. The second-order valence-corrected chi connectivity index (χ2v) is 12.0. The molecule has 9 heteroatoms. The van der Waals surface area contributed by atoms with Gasteiger partial charge in [-0.25, -0.2) is 15.0 Å². The number of carbonyl (C=O) groups is 1. The maximum atomic E-state index is 12.8. The summed E-state index contributed by atoms with van der Waals surface area (Å²) in [5.74, 6) is 0.425. The SMILES string of the molecule is NC1CCN(CCc2ccc(Nc3nccc(-c4c(-c5cccc(NC(=O)Cc6ccccc6)c5)nc5ccccn45)n3)cc2)CC1. The van der Waals surface area contributed by atoms with E-state index in [-0.39, 0.29) is 5.91 Å². The molecule has 3 aromatic carbocycles. The molecular formula is C38H38N8O. The molecule has 3 aromatic heterocycles. The van der Waals surface area contributed by atoms with Crippen molar-refractivity contribution in [2.45, 2.75) is 31.7 Å². The van der Waals surface area contributed by atoms with E-state index < -0.39 is 0 Å². The molecule has 1 amide bonds. The minimum Gasteiger partial charge on any atom is -0.328 e. The lowest BCUT2D eigenvalue weighted by Gasteiger charge is -2.29. The molecule has 4 N–H and O–H groups in total. The first kappa shape index (κ1) is 30.3. The topological polar surface area (TPSA) is 113 Å². The average molecular weight is 623 g/mol. The first-order valence-electron chi connectivity index (χ1n) is 16.2. The number of carbonyl (C=O) groups excluding carboxylic acids is 1. The molecule has 7 rings (SSSR count). The van der Waals surface area contributed by atoms with Crippen LogP contribution in [0.5, 0.6) is 0 Å². The van der Waals surface area contributed by atoms with Gasteiger partial charge in [0, 0.05) is 41.9 Å². The van der Waals surface area contributed by atoms with Crippen molar-refractivity contribution in [1.82, 2.24) is 24.3 Å². The summed E-state index contributed by atoms with van der Waals surface area (Å²) in [6, 6.07) is 34.1. The zero-order valence-electron chi connectivity index (χ0n) is 26.2. The monoisotopic (exact) mass is 622 g/mol. The Kier molecular flexibility index (Phi) is 8.99. The number of imidazole rings is 1. The average Bonchev–Trinajstić information content (AvgIpc) is 3.49. The fourth-order valence-corrected chi connectivity index (χ4v) is 6.07. The van der Waals surface area contributed by atoms with Crippen LogP contribution < -0.4 is 16.4 Å². The highest BCUT2D eigenvalue weighted by atomic mass is 16.1. The lowest BCUT2D eigenvalue weighted by atomic mass is 10.1. The molecule has 1 saturated heterocycles. The normalized spacial score (nSPS) is 13.9. The molecule has 0 saturated carbocycles. The summed E-state index contributed by atoms with van der Waals surface area (Å²) in [5.41, 5.74) is 14.0. The van der Waals surface area contributed by atoms with Gasteiger partial charge in [0.05, 0.1) is 23.5 Å². The fraction of sp³-hybridized carbons (Fsp3) is 0.211. The van der Waals surface area contributed by atoms with Crippen molar-refractivity contribution < 1.29 is 4.79 Å². The van der Waals surface area contributed by atoms with Crippen LogP contribution in [0.2, 0.25) is 0 Å². The van der Waals surface area contributed by atoms with Gasteiger partial charge in [-0.1, -0.05) is 60.7 Å². The summed E-state index contributed by atoms with van der Waals surface area (Å²) >= 11 is 0. The molecule has 236 valence electrons. The minimum absolute atomic E-state index is 0.0738. The summed E-state index contributed by atoms with van der Waals surface area (Å²) in [6.45, 7) is 3.22. The van der Waals surface area contributed by atoms with Crippen LogP contribution in [0.4, 0.5) is 17.3 Å². The second-order valence-electron chi connectivity index (χ2n) is 12.0. The van der Waals surface area contributed by atoms with E-state index in [2.05, 4.69) is 44.8 Å². The van der Waals surface area contributed by atoms with Crippen LogP contribution in [-0.2, 0) is 17.6 Å². The Morgan fingerprint density at radius 2 is 1.64 bits per heavy atom. The standard InChI is InChI=1S/C38H38N8O/c39-30-18-23-45(24-19-30)22-17-27-12-14-31(15-13-27)42-38-40-20-16-33(43-38)37-36(44-34-11-4-5-21-46(34)37)29-9-6-10-32(26-29)41-35(47)25-28-7-2-1-3-8-28/h1-16,20-21,26,30H,17-19,22-25,39H2,(H,41,47)(H,40,42,43). The number of hydrogen-bond acceptors (Lipinski definition) is 7. The molecule has 1 fully saturated rings. The van der Waals surface area contributed by atoms with Crippen LogP contribution in [0.25, 0.3) is 28.3 Å². The number of benzene rings is 3. The summed E-state index contributed by atoms with van der Waals surface area (Å²) in [6.07, 6.45) is 7.22. The van der Waals surface area contributed by atoms with Gasteiger partial charge in [0.15, 0.2) is 0 Å². The smallest absolute Gasteiger partial charge is 0.228 e. The third-order valence-corrected chi connectivity index (χ3v) is 8.61. The number of pyridine rings is 1. The number of likely N-dealkylation sites (tertiary alicyclic amines) is 1. The van der Waals surface area contributed by atoms with E-state index in [4.69, 9.17) is 15.7 Å². The zero-order chi connectivity index (χ0) is 32.0. The van der Waals surface area contributed by atoms with Gasteiger partial charge >= 0.3 is 0 Å². The lowest BCUT2D eigenvalue weighted by molar-refractivity contribution is -0.115. The summed E-state index contributed by atoms with van der Waals surface area (Å²) in [7, 11) is 0. The molecule has 0 unspecified atom stereocenters. The van der Waals surface area contributed by atoms with Crippen molar-refractivity contribution in [3.63, 3.8) is 0 Å². The molecular weight excluding hydrogens is 584 g/mol. The Balaban J connectivity index is 1.10. The molecule has 9 nitrogen and oxygen atoms in total. The van der Waals surface area contributed by atoms with E-state index in [9.17, 15) is 4.79 Å². The minimum atomic E-state index is -0.0738. The molecule has 0 aliphatic carbocycles. The first-order valence-corrected chi connectivity index (χ1v) is 16.2. The number of amides is 1. The number of fused-ring (bicyclic) bond motifs is 1. The number of nitrogens with two attached hydrogens (primary N) is 1. The summed E-state index contributed by atoms with van der Waals surface area (Å²) < 4.78 is 2.03. The van der Waals surface area contributed by atoms with E-state index in [1.165, 1.54) is 5.56 Å². The maximum Gasteiger partial charge on any atom is 0.228 e. The Labute approximate surface area is 274 Å². The van der Waals surface area contributed by atoms with Crippen molar-refractivity contribution >= 4 is 28.9 Å². The number of anilines is 3. The van der Waals surface area contributed by atoms with Crippen molar-refractivity contribution in [1.29, 1.82) is 0 Å². The number of rotatable bonds is 10. The predicted molar refractivity (Wildman–Crippen MR) is 188 cm³/mol.